The highest BCUT2D eigenvalue weighted by atomic mass is 35.5. The van der Waals surface area contributed by atoms with E-state index in [2.05, 4.69) is 14.9 Å². The van der Waals surface area contributed by atoms with Crippen LogP contribution in [0.4, 0.5) is 11.5 Å². The highest BCUT2D eigenvalue weighted by Crippen LogP contribution is 2.52. The largest absolute Gasteiger partial charge is 0.397 e. The Hall–Kier alpha value is -2.99. The second-order valence-electron chi connectivity index (χ2n) is 8.30. The number of anilines is 2. The van der Waals surface area contributed by atoms with Crippen LogP contribution in [0.3, 0.4) is 0 Å². The fourth-order valence-electron chi connectivity index (χ4n) is 4.26. The summed E-state index contributed by atoms with van der Waals surface area (Å²) in [5.74, 6) is 0.769. The molecule has 152 valence electrons. The lowest BCUT2D eigenvalue weighted by Gasteiger charge is -2.34. The molecule has 1 saturated heterocycles. The van der Waals surface area contributed by atoms with Gasteiger partial charge in [-0.05, 0) is 61.4 Å². The summed E-state index contributed by atoms with van der Waals surface area (Å²) >= 11 is 6.51. The molecule has 7 heteroatoms. The minimum atomic E-state index is 0.260. The summed E-state index contributed by atoms with van der Waals surface area (Å²) in [6.07, 6.45) is 10.1. The molecule has 0 unspecified atom stereocenters. The Labute approximate surface area is 180 Å². The first-order valence-electron chi connectivity index (χ1n) is 10.2. The molecule has 0 radical (unpaired) electrons. The van der Waals surface area contributed by atoms with Crippen LogP contribution in [0.5, 0.6) is 0 Å². The Balaban J connectivity index is 1.48. The standard InChI is InChI=1S/C23H23ClN6/c24-17-4-5-19(29-22(17)30-10-2-6-23(14-30)7-8-23)21(26)16-11-20(28-13-18(16)25)15-3-1-9-27-12-15/h1,3-5,9,11-13,26H,2,6-8,10,14,25H2. The molecule has 0 atom stereocenters. The zero-order valence-corrected chi connectivity index (χ0v) is 17.4. The van der Waals surface area contributed by atoms with Crippen molar-refractivity contribution in [2.45, 2.75) is 25.7 Å². The second kappa shape index (κ2) is 7.36. The molecule has 6 nitrogen and oxygen atoms in total. The van der Waals surface area contributed by atoms with Gasteiger partial charge in [-0.1, -0.05) is 11.6 Å². The third-order valence-corrected chi connectivity index (χ3v) is 6.46. The second-order valence-corrected chi connectivity index (χ2v) is 8.71. The van der Waals surface area contributed by atoms with Crippen molar-refractivity contribution in [3.63, 3.8) is 0 Å². The molecule has 30 heavy (non-hydrogen) atoms. The lowest BCUT2D eigenvalue weighted by atomic mass is 9.95. The number of nitrogens with two attached hydrogens (primary N) is 1. The lowest BCUT2D eigenvalue weighted by Crippen LogP contribution is -2.37. The molecule has 2 fully saturated rings. The summed E-state index contributed by atoms with van der Waals surface area (Å²) in [4.78, 5) is 15.6. The molecule has 1 saturated carbocycles. The highest BCUT2D eigenvalue weighted by Gasteiger charge is 2.45. The summed E-state index contributed by atoms with van der Waals surface area (Å²) in [7, 11) is 0. The Kier molecular flexibility index (Phi) is 4.66. The van der Waals surface area contributed by atoms with E-state index in [9.17, 15) is 0 Å². The van der Waals surface area contributed by atoms with Crippen LogP contribution in [0.2, 0.25) is 5.02 Å². The van der Waals surface area contributed by atoms with Gasteiger partial charge in [0.1, 0.15) is 5.82 Å². The summed E-state index contributed by atoms with van der Waals surface area (Å²) < 4.78 is 0. The molecule has 1 aliphatic carbocycles. The Morgan fingerprint density at radius 1 is 1.17 bits per heavy atom. The molecule has 3 aromatic heterocycles. The van der Waals surface area contributed by atoms with Gasteiger partial charge in [0.25, 0.3) is 0 Å². The maximum absolute atomic E-state index is 8.79. The maximum Gasteiger partial charge on any atom is 0.148 e. The van der Waals surface area contributed by atoms with Crippen LogP contribution in [0.1, 0.15) is 36.9 Å². The molecule has 4 heterocycles. The van der Waals surface area contributed by atoms with Gasteiger partial charge in [-0.15, -0.1) is 0 Å². The molecule has 1 aliphatic heterocycles. The highest BCUT2D eigenvalue weighted by molar-refractivity contribution is 6.33. The van der Waals surface area contributed by atoms with E-state index in [1.54, 1.807) is 24.7 Å². The van der Waals surface area contributed by atoms with Crippen molar-refractivity contribution in [3.8, 4) is 11.3 Å². The van der Waals surface area contributed by atoms with Crippen LogP contribution >= 0.6 is 11.6 Å². The maximum atomic E-state index is 8.79. The molecule has 2 aliphatic rings. The van der Waals surface area contributed by atoms with Crippen molar-refractivity contribution in [2.75, 3.05) is 23.7 Å². The summed E-state index contributed by atoms with van der Waals surface area (Å²) in [5.41, 5.74) is 10.1. The third kappa shape index (κ3) is 3.52. The van der Waals surface area contributed by atoms with Crippen molar-refractivity contribution in [2.24, 2.45) is 5.41 Å². The minimum absolute atomic E-state index is 0.260. The first-order chi connectivity index (χ1) is 14.5. The number of piperidine rings is 1. The van der Waals surface area contributed by atoms with Crippen LogP contribution in [-0.2, 0) is 0 Å². The number of hydrogen-bond acceptors (Lipinski definition) is 6. The number of pyridine rings is 3. The van der Waals surface area contributed by atoms with Gasteiger partial charge in [-0.25, -0.2) is 4.98 Å². The topological polar surface area (TPSA) is 91.8 Å². The van der Waals surface area contributed by atoms with Crippen LogP contribution < -0.4 is 10.6 Å². The number of nitrogens with zero attached hydrogens (tertiary/aromatic N) is 4. The first-order valence-corrected chi connectivity index (χ1v) is 10.6. The van der Waals surface area contributed by atoms with Gasteiger partial charge in [-0.2, -0.15) is 0 Å². The minimum Gasteiger partial charge on any atom is -0.397 e. The SMILES string of the molecule is N=C(c1ccc(Cl)c(N2CCCC3(CC3)C2)n1)c1cc(-c2cccnc2)ncc1N. The van der Waals surface area contributed by atoms with Gasteiger partial charge in [0.2, 0.25) is 0 Å². The predicted molar refractivity (Wildman–Crippen MR) is 120 cm³/mol. The van der Waals surface area contributed by atoms with Gasteiger partial charge < -0.3 is 10.6 Å². The average Bonchev–Trinajstić information content (AvgIpc) is 3.52. The predicted octanol–water partition coefficient (Wildman–Crippen LogP) is 4.57. The first kappa shape index (κ1) is 19.0. The Morgan fingerprint density at radius 2 is 2.03 bits per heavy atom. The molecule has 0 amide bonds. The molecule has 5 rings (SSSR count). The van der Waals surface area contributed by atoms with E-state index >= 15 is 0 Å². The van der Waals surface area contributed by atoms with Crippen LogP contribution in [0.15, 0.2) is 48.9 Å². The van der Waals surface area contributed by atoms with Gasteiger partial charge in [0.15, 0.2) is 0 Å². The van der Waals surface area contributed by atoms with E-state index in [4.69, 9.17) is 27.7 Å². The molecule has 1 spiro atoms. The van der Waals surface area contributed by atoms with Crippen molar-refractivity contribution < 1.29 is 0 Å². The Morgan fingerprint density at radius 3 is 2.80 bits per heavy atom. The zero-order chi connectivity index (χ0) is 20.7. The molecule has 3 N–H and O–H groups in total. The number of nitrogen functional groups attached to an aromatic ring is 1. The van der Waals surface area contributed by atoms with E-state index in [-0.39, 0.29) is 5.71 Å². The number of rotatable bonds is 4. The van der Waals surface area contributed by atoms with Crippen molar-refractivity contribution >= 4 is 28.8 Å². The molecular formula is C23H23ClN6. The fourth-order valence-corrected chi connectivity index (χ4v) is 4.48. The quantitative estimate of drug-likeness (QED) is 0.605. The van der Waals surface area contributed by atoms with Gasteiger partial charge in [0.05, 0.1) is 34.0 Å². The monoisotopic (exact) mass is 418 g/mol. The van der Waals surface area contributed by atoms with Crippen LogP contribution in [0.25, 0.3) is 11.3 Å². The number of halogens is 1. The number of hydrogen-bond donors (Lipinski definition) is 2. The number of nitrogens with one attached hydrogen (secondary N) is 1. The smallest absolute Gasteiger partial charge is 0.148 e. The normalized spacial score (nSPS) is 17.2. The number of aromatic nitrogens is 3. The van der Waals surface area contributed by atoms with Crippen LogP contribution in [-0.4, -0.2) is 33.8 Å². The summed E-state index contributed by atoms with van der Waals surface area (Å²) in [6.45, 7) is 1.95. The van der Waals surface area contributed by atoms with Gasteiger partial charge in [-0.3, -0.25) is 15.4 Å². The zero-order valence-electron chi connectivity index (χ0n) is 16.6. The van der Waals surface area contributed by atoms with E-state index in [1.807, 2.05) is 24.3 Å². The van der Waals surface area contributed by atoms with Gasteiger partial charge in [0, 0.05) is 36.6 Å². The van der Waals surface area contributed by atoms with Crippen molar-refractivity contribution in [1.29, 1.82) is 5.41 Å². The van der Waals surface area contributed by atoms with Crippen LogP contribution in [0, 0.1) is 10.8 Å². The van der Waals surface area contributed by atoms with E-state index in [0.29, 0.717) is 27.4 Å². The Bertz CT molecular complexity index is 1110. The fraction of sp³-hybridized carbons (Fsp3) is 0.304. The molecule has 0 bridgehead atoms. The summed E-state index contributed by atoms with van der Waals surface area (Å²) in [5, 5.41) is 9.42. The lowest BCUT2D eigenvalue weighted by molar-refractivity contribution is 0.393. The van der Waals surface area contributed by atoms with Crippen molar-refractivity contribution in [3.05, 3.63) is 65.2 Å². The average molecular weight is 419 g/mol. The third-order valence-electron chi connectivity index (χ3n) is 6.16. The van der Waals surface area contributed by atoms with E-state index < -0.39 is 0 Å². The van der Waals surface area contributed by atoms with E-state index in [1.165, 1.54) is 19.3 Å². The summed E-state index contributed by atoms with van der Waals surface area (Å²) in [6, 6.07) is 9.24. The van der Waals surface area contributed by atoms with E-state index in [0.717, 1.165) is 36.6 Å². The van der Waals surface area contributed by atoms with Crippen molar-refractivity contribution in [1.82, 2.24) is 15.0 Å². The molecular weight excluding hydrogens is 396 g/mol. The molecule has 0 aromatic carbocycles. The molecule has 3 aromatic rings. The van der Waals surface area contributed by atoms with Gasteiger partial charge >= 0.3 is 0 Å².